The lowest BCUT2D eigenvalue weighted by Gasteiger charge is -2.18. The predicted molar refractivity (Wildman–Crippen MR) is 89.9 cm³/mol. The summed E-state index contributed by atoms with van der Waals surface area (Å²) in [6.45, 7) is 7.27. The molecule has 0 saturated heterocycles. The van der Waals surface area contributed by atoms with Crippen LogP contribution in [0.4, 0.5) is 4.39 Å². The maximum absolute atomic E-state index is 14.0. The first-order chi connectivity index (χ1) is 10.0. The summed E-state index contributed by atoms with van der Waals surface area (Å²) in [6.07, 6.45) is 1.62. The lowest BCUT2D eigenvalue weighted by atomic mass is 10.0. The van der Waals surface area contributed by atoms with E-state index in [0.29, 0.717) is 17.0 Å². The van der Waals surface area contributed by atoms with Crippen molar-refractivity contribution >= 4 is 22.9 Å². The first-order valence-electron chi connectivity index (χ1n) is 7.26. The Hall–Kier alpha value is -0.900. The lowest BCUT2D eigenvalue weighted by Crippen LogP contribution is -2.23. The zero-order chi connectivity index (χ0) is 15.4. The van der Waals surface area contributed by atoms with Gasteiger partial charge >= 0.3 is 0 Å². The number of halogens is 2. The predicted octanol–water partition coefficient (Wildman–Crippen LogP) is 5.44. The average molecular weight is 326 g/mol. The molecule has 1 unspecified atom stereocenters. The van der Waals surface area contributed by atoms with Gasteiger partial charge in [0.1, 0.15) is 5.82 Å². The van der Waals surface area contributed by atoms with Gasteiger partial charge in [-0.05, 0) is 57.0 Å². The Kier molecular flexibility index (Phi) is 5.80. The normalized spacial score (nSPS) is 12.6. The number of hydrogen-bond acceptors (Lipinski definition) is 2. The Morgan fingerprint density at radius 2 is 2.10 bits per heavy atom. The van der Waals surface area contributed by atoms with Crippen LogP contribution in [0.15, 0.2) is 24.3 Å². The summed E-state index contributed by atoms with van der Waals surface area (Å²) in [5.74, 6) is -0.226. The highest BCUT2D eigenvalue weighted by Crippen LogP contribution is 2.31. The molecule has 0 amide bonds. The van der Waals surface area contributed by atoms with E-state index in [2.05, 4.69) is 32.2 Å². The van der Waals surface area contributed by atoms with Gasteiger partial charge in [0.05, 0.1) is 0 Å². The van der Waals surface area contributed by atoms with Crippen molar-refractivity contribution in [3.63, 3.8) is 0 Å². The van der Waals surface area contributed by atoms with Crippen LogP contribution in [0.3, 0.4) is 0 Å². The van der Waals surface area contributed by atoms with Crippen molar-refractivity contribution in [1.82, 2.24) is 5.32 Å². The molecule has 4 heteroatoms. The molecule has 0 spiro atoms. The van der Waals surface area contributed by atoms with Crippen molar-refractivity contribution in [2.75, 3.05) is 6.54 Å². The lowest BCUT2D eigenvalue weighted by molar-refractivity contribution is 0.519. The highest BCUT2D eigenvalue weighted by molar-refractivity contribution is 7.12. The molecule has 2 rings (SSSR count). The average Bonchev–Trinajstić information content (AvgIpc) is 2.77. The smallest absolute Gasteiger partial charge is 0.127 e. The fraction of sp³-hybridized carbons (Fsp3) is 0.412. The van der Waals surface area contributed by atoms with Gasteiger partial charge in [0.25, 0.3) is 0 Å². The molecule has 21 heavy (non-hydrogen) atoms. The minimum atomic E-state index is -0.226. The summed E-state index contributed by atoms with van der Waals surface area (Å²) in [5, 5.41) is 4.02. The second-order valence-corrected chi connectivity index (χ2v) is 6.99. The van der Waals surface area contributed by atoms with E-state index < -0.39 is 0 Å². The SMILES string of the molecule is CCCNC(Cc1c(F)cccc1Cl)c1cc(C)c(C)s1. The second kappa shape index (κ2) is 7.39. The van der Waals surface area contributed by atoms with Gasteiger partial charge in [0.15, 0.2) is 0 Å². The van der Waals surface area contributed by atoms with Crippen molar-refractivity contribution in [3.05, 3.63) is 56.0 Å². The molecule has 1 aromatic heterocycles. The third kappa shape index (κ3) is 4.06. The summed E-state index contributed by atoms with van der Waals surface area (Å²) in [5.41, 5.74) is 1.88. The molecule has 1 heterocycles. The molecule has 1 nitrogen and oxygen atoms in total. The standard InChI is InChI=1S/C17H21ClFNS/c1-4-8-20-16(17-9-11(2)12(3)21-17)10-13-14(18)6-5-7-15(13)19/h5-7,9,16,20H,4,8,10H2,1-3H3. The summed E-state index contributed by atoms with van der Waals surface area (Å²) in [4.78, 5) is 2.56. The van der Waals surface area contributed by atoms with Gasteiger partial charge in [0, 0.05) is 26.4 Å². The van der Waals surface area contributed by atoms with E-state index in [-0.39, 0.29) is 11.9 Å². The van der Waals surface area contributed by atoms with Gasteiger partial charge < -0.3 is 5.32 Å². The van der Waals surface area contributed by atoms with E-state index in [4.69, 9.17) is 11.6 Å². The van der Waals surface area contributed by atoms with Crippen LogP contribution in [0.2, 0.25) is 5.02 Å². The van der Waals surface area contributed by atoms with E-state index in [1.807, 2.05) is 0 Å². The molecular weight excluding hydrogens is 305 g/mol. The molecule has 0 bridgehead atoms. The Bertz CT molecular complexity index is 569. The number of nitrogens with one attached hydrogen (secondary N) is 1. The monoisotopic (exact) mass is 325 g/mol. The number of aryl methyl sites for hydroxylation is 2. The van der Waals surface area contributed by atoms with E-state index in [0.717, 1.165) is 13.0 Å². The molecule has 0 aliphatic heterocycles. The highest BCUT2D eigenvalue weighted by atomic mass is 35.5. The maximum atomic E-state index is 14.0. The van der Waals surface area contributed by atoms with Crippen molar-refractivity contribution < 1.29 is 4.39 Å². The molecule has 0 aliphatic carbocycles. The summed E-state index contributed by atoms with van der Waals surface area (Å²) >= 11 is 7.94. The Balaban J connectivity index is 2.28. The van der Waals surface area contributed by atoms with Crippen molar-refractivity contribution in [3.8, 4) is 0 Å². The van der Waals surface area contributed by atoms with Crippen LogP contribution >= 0.6 is 22.9 Å². The molecule has 0 radical (unpaired) electrons. The van der Waals surface area contributed by atoms with Crippen LogP contribution in [0.5, 0.6) is 0 Å². The van der Waals surface area contributed by atoms with Crippen LogP contribution in [-0.4, -0.2) is 6.54 Å². The van der Waals surface area contributed by atoms with Crippen LogP contribution in [0, 0.1) is 19.7 Å². The van der Waals surface area contributed by atoms with Crippen molar-refractivity contribution in [1.29, 1.82) is 0 Å². The molecule has 0 fully saturated rings. The van der Waals surface area contributed by atoms with Gasteiger partial charge in [-0.3, -0.25) is 0 Å². The molecule has 2 aromatic rings. The largest absolute Gasteiger partial charge is 0.309 e. The van der Waals surface area contributed by atoms with Gasteiger partial charge in [-0.2, -0.15) is 0 Å². The third-order valence-corrected chi connectivity index (χ3v) is 5.26. The van der Waals surface area contributed by atoms with E-state index in [1.54, 1.807) is 23.5 Å². The highest BCUT2D eigenvalue weighted by Gasteiger charge is 2.18. The summed E-state index contributed by atoms with van der Waals surface area (Å²) in [7, 11) is 0. The molecule has 1 atom stereocenters. The molecular formula is C17H21ClFNS. The van der Waals surface area contributed by atoms with Gasteiger partial charge in [-0.1, -0.05) is 24.6 Å². The molecule has 1 aromatic carbocycles. The zero-order valence-corrected chi connectivity index (χ0v) is 14.2. The minimum absolute atomic E-state index is 0.108. The zero-order valence-electron chi connectivity index (χ0n) is 12.7. The van der Waals surface area contributed by atoms with Crippen LogP contribution in [0.25, 0.3) is 0 Å². The molecule has 1 N–H and O–H groups in total. The Labute approximate surface area is 135 Å². The quantitative estimate of drug-likeness (QED) is 0.745. The fourth-order valence-electron chi connectivity index (χ4n) is 2.30. The van der Waals surface area contributed by atoms with Crippen LogP contribution < -0.4 is 5.32 Å². The van der Waals surface area contributed by atoms with Crippen molar-refractivity contribution in [2.24, 2.45) is 0 Å². The summed E-state index contributed by atoms with van der Waals surface area (Å²) < 4.78 is 14.0. The Morgan fingerprint density at radius 1 is 1.33 bits per heavy atom. The van der Waals surface area contributed by atoms with E-state index in [1.165, 1.54) is 21.4 Å². The number of rotatable bonds is 6. The molecule has 0 saturated carbocycles. The van der Waals surface area contributed by atoms with Gasteiger partial charge in [0.2, 0.25) is 0 Å². The Morgan fingerprint density at radius 3 is 2.67 bits per heavy atom. The van der Waals surface area contributed by atoms with Crippen LogP contribution in [0.1, 0.15) is 40.3 Å². The molecule has 114 valence electrons. The maximum Gasteiger partial charge on any atom is 0.127 e. The third-order valence-electron chi connectivity index (χ3n) is 3.64. The van der Waals surface area contributed by atoms with E-state index in [9.17, 15) is 4.39 Å². The summed E-state index contributed by atoms with van der Waals surface area (Å²) in [6, 6.07) is 7.18. The molecule has 0 aliphatic rings. The minimum Gasteiger partial charge on any atom is -0.309 e. The first-order valence-corrected chi connectivity index (χ1v) is 8.45. The van der Waals surface area contributed by atoms with Crippen LogP contribution in [-0.2, 0) is 6.42 Å². The van der Waals surface area contributed by atoms with Gasteiger partial charge in [-0.15, -0.1) is 11.3 Å². The van der Waals surface area contributed by atoms with Gasteiger partial charge in [-0.25, -0.2) is 4.39 Å². The topological polar surface area (TPSA) is 12.0 Å². The van der Waals surface area contributed by atoms with Crippen molar-refractivity contribution in [2.45, 2.75) is 39.7 Å². The first kappa shape index (κ1) is 16.5. The second-order valence-electron chi connectivity index (χ2n) is 5.30. The fourth-order valence-corrected chi connectivity index (χ4v) is 3.66. The number of hydrogen-bond donors (Lipinski definition) is 1. The van der Waals surface area contributed by atoms with E-state index >= 15 is 0 Å². The number of benzene rings is 1. The number of thiophene rings is 1.